The highest BCUT2D eigenvalue weighted by atomic mass is 16.4. The standard InChI is InChI=1S/C8H8N2O3/c9-7(8(12)13)5-1-2-6(4-11)10-3-5/h1-4,7H,9H2,(H,12,13)/t7-/m1/s1. The molecule has 1 heterocycles. The van der Waals surface area contributed by atoms with Gasteiger partial charge in [-0.05, 0) is 11.6 Å². The normalized spacial score (nSPS) is 12.1. The Morgan fingerprint density at radius 3 is 2.69 bits per heavy atom. The van der Waals surface area contributed by atoms with Crippen molar-refractivity contribution in [1.82, 2.24) is 4.98 Å². The Hall–Kier alpha value is -1.75. The molecule has 1 rings (SSSR count). The van der Waals surface area contributed by atoms with Crippen molar-refractivity contribution in [2.24, 2.45) is 5.73 Å². The predicted octanol–water partition coefficient (Wildman–Crippen LogP) is -0.0215. The molecule has 1 aromatic rings. The van der Waals surface area contributed by atoms with Crippen molar-refractivity contribution < 1.29 is 14.7 Å². The minimum atomic E-state index is -1.12. The third-order valence-corrected chi connectivity index (χ3v) is 1.56. The largest absolute Gasteiger partial charge is 0.480 e. The first-order valence-electron chi connectivity index (χ1n) is 3.54. The number of aromatic nitrogens is 1. The Bertz CT molecular complexity index is 321. The number of carbonyl (C=O) groups excluding carboxylic acids is 1. The average Bonchev–Trinajstić information content (AvgIpc) is 2.17. The Morgan fingerprint density at radius 2 is 2.31 bits per heavy atom. The Balaban J connectivity index is 2.91. The molecule has 68 valence electrons. The fourth-order valence-corrected chi connectivity index (χ4v) is 0.813. The molecule has 0 unspecified atom stereocenters. The van der Waals surface area contributed by atoms with Gasteiger partial charge in [0.25, 0.3) is 0 Å². The molecule has 5 heteroatoms. The van der Waals surface area contributed by atoms with Gasteiger partial charge in [0.05, 0.1) is 0 Å². The highest BCUT2D eigenvalue weighted by molar-refractivity contribution is 5.76. The molecule has 1 atom stereocenters. The zero-order chi connectivity index (χ0) is 9.84. The van der Waals surface area contributed by atoms with Crippen LogP contribution in [0.1, 0.15) is 22.1 Å². The molecular weight excluding hydrogens is 172 g/mol. The maximum absolute atomic E-state index is 10.4. The van der Waals surface area contributed by atoms with Crippen molar-refractivity contribution in [3.05, 3.63) is 29.6 Å². The van der Waals surface area contributed by atoms with Crippen LogP contribution in [0.25, 0.3) is 0 Å². The minimum absolute atomic E-state index is 0.251. The number of aldehydes is 1. The summed E-state index contributed by atoms with van der Waals surface area (Å²) >= 11 is 0. The molecule has 0 saturated carbocycles. The van der Waals surface area contributed by atoms with E-state index in [-0.39, 0.29) is 5.69 Å². The Morgan fingerprint density at radius 1 is 1.62 bits per heavy atom. The summed E-state index contributed by atoms with van der Waals surface area (Å²) in [6.07, 6.45) is 1.86. The summed E-state index contributed by atoms with van der Waals surface area (Å²) in [5, 5.41) is 8.54. The highest BCUT2D eigenvalue weighted by Crippen LogP contribution is 2.08. The van der Waals surface area contributed by atoms with Crippen LogP contribution in [-0.2, 0) is 4.79 Å². The summed E-state index contributed by atoms with van der Waals surface area (Å²) in [4.78, 5) is 24.3. The van der Waals surface area contributed by atoms with Gasteiger partial charge in [-0.3, -0.25) is 14.6 Å². The number of pyridine rings is 1. The molecule has 5 nitrogen and oxygen atoms in total. The van der Waals surface area contributed by atoms with Gasteiger partial charge in [0.2, 0.25) is 0 Å². The Labute approximate surface area is 74.2 Å². The fourth-order valence-electron chi connectivity index (χ4n) is 0.813. The number of carboxylic acid groups (broad SMARTS) is 1. The van der Waals surface area contributed by atoms with E-state index < -0.39 is 12.0 Å². The van der Waals surface area contributed by atoms with E-state index in [2.05, 4.69) is 4.98 Å². The average molecular weight is 180 g/mol. The third-order valence-electron chi connectivity index (χ3n) is 1.56. The van der Waals surface area contributed by atoms with Gasteiger partial charge in [0.15, 0.2) is 6.29 Å². The van der Waals surface area contributed by atoms with E-state index in [9.17, 15) is 9.59 Å². The lowest BCUT2D eigenvalue weighted by atomic mass is 10.1. The van der Waals surface area contributed by atoms with Crippen LogP contribution >= 0.6 is 0 Å². The first-order chi connectivity index (χ1) is 6.15. The summed E-state index contributed by atoms with van der Waals surface area (Å²) in [7, 11) is 0. The van der Waals surface area contributed by atoms with E-state index in [0.29, 0.717) is 11.8 Å². The molecule has 0 aliphatic heterocycles. The van der Waals surface area contributed by atoms with Gasteiger partial charge in [-0.25, -0.2) is 0 Å². The van der Waals surface area contributed by atoms with Crippen LogP contribution in [0.4, 0.5) is 0 Å². The smallest absolute Gasteiger partial charge is 0.325 e. The second-order valence-corrected chi connectivity index (χ2v) is 2.45. The van der Waals surface area contributed by atoms with Gasteiger partial charge in [-0.2, -0.15) is 0 Å². The number of nitrogens with two attached hydrogens (primary N) is 1. The molecule has 3 N–H and O–H groups in total. The number of carboxylic acids is 1. The molecule has 0 fully saturated rings. The highest BCUT2D eigenvalue weighted by Gasteiger charge is 2.13. The summed E-state index contributed by atoms with van der Waals surface area (Å²) in [6.45, 7) is 0. The zero-order valence-electron chi connectivity index (χ0n) is 6.68. The first kappa shape index (κ1) is 9.34. The molecule has 13 heavy (non-hydrogen) atoms. The van der Waals surface area contributed by atoms with Crippen molar-refractivity contribution in [3.63, 3.8) is 0 Å². The number of nitrogens with zero attached hydrogens (tertiary/aromatic N) is 1. The molecule has 1 aromatic heterocycles. The van der Waals surface area contributed by atoms with E-state index >= 15 is 0 Å². The van der Waals surface area contributed by atoms with Crippen molar-refractivity contribution in [2.45, 2.75) is 6.04 Å². The maximum Gasteiger partial charge on any atom is 0.325 e. The van der Waals surface area contributed by atoms with Crippen LogP contribution in [-0.4, -0.2) is 22.3 Å². The number of aliphatic carboxylic acids is 1. The molecule has 0 radical (unpaired) electrons. The topological polar surface area (TPSA) is 93.3 Å². The van der Waals surface area contributed by atoms with Gasteiger partial charge in [-0.1, -0.05) is 6.07 Å². The van der Waals surface area contributed by atoms with Crippen molar-refractivity contribution in [1.29, 1.82) is 0 Å². The third kappa shape index (κ3) is 2.09. The van der Waals surface area contributed by atoms with Crippen LogP contribution in [0.5, 0.6) is 0 Å². The lowest BCUT2D eigenvalue weighted by Gasteiger charge is -2.04. The van der Waals surface area contributed by atoms with Crippen LogP contribution in [0.3, 0.4) is 0 Å². The molecule has 0 spiro atoms. The van der Waals surface area contributed by atoms with Gasteiger partial charge < -0.3 is 10.8 Å². The Kier molecular flexibility index (Phi) is 2.71. The van der Waals surface area contributed by atoms with Gasteiger partial charge in [-0.15, -0.1) is 0 Å². The summed E-state index contributed by atoms with van der Waals surface area (Å²) in [5.74, 6) is -1.12. The van der Waals surface area contributed by atoms with E-state index in [0.717, 1.165) is 0 Å². The quantitative estimate of drug-likeness (QED) is 0.637. The number of rotatable bonds is 3. The van der Waals surface area contributed by atoms with E-state index in [1.807, 2.05) is 0 Å². The summed E-state index contributed by atoms with van der Waals surface area (Å²) in [6, 6.07) is 1.80. The van der Waals surface area contributed by atoms with Crippen molar-refractivity contribution in [2.75, 3.05) is 0 Å². The van der Waals surface area contributed by atoms with Gasteiger partial charge in [0.1, 0.15) is 11.7 Å². The number of hydrogen-bond acceptors (Lipinski definition) is 4. The molecular formula is C8H8N2O3. The van der Waals surface area contributed by atoms with E-state index in [1.165, 1.54) is 18.3 Å². The van der Waals surface area contributed by atoms with Crippen LogP contribution < -0.4 is 5.73 Å². The van der Waals surface area contributed by atoms with E-state index in [1.54, 1.807) is 0 Å². The lowest BCUT2D eigenvalue weighted by Crippen LogP contribution is -2.20. The second-order valence-electron chi connectivity index (χ2n) is 2.45. The SMILES string of the molecule is N[C@@H](C(=O)O)c1ccc(C=O)nc1. The monoisotopic (exact) mass is 180 g/mol. The number of hydrogen-bond donors (Lipinski definition) is 2. The zero-order valence-corrected chi connectivity index (χ0v) is 6.68. The predicted molar refractivity (Wildman–Crippen MR) is 44.2 cm³/mol. The van der Waals surface area contributed by atoms with Gasteiger partial charge in [0, 0.05) is 6.20 Å². The van der Waals surface area contributed by atoms with Crippen molar-refractivity contribution in [3.8, 4) is 0 Å². The first-order valence-corrected chi connectivity index (χ1v) is 3.54. The number of carbonyl (C=O) groups is 2. The minimum Gasteiger partial charge on any atom is -0.480 e. The molecule has 0 aliphatic carbocycles. The van der Waals surface area contributed by atoms with Crippen molar-refractivity contribution >= 4 is 12.3 Å². The fraction of sp³-hybridized carbons (Fsp3) is 0.125. The molecule has 0 aromatic carbocycles. The van der Waals surface area contributed by atoms with Crippen LogP contribution in [0, 0.1) is 0 Å². The molecule has 0 aliphatic rings. The molecule has 0 amide bonds. The van der Waals surface area contributed by atoms with Gasteiger partial charge >= 0.3 is 5.97 Å². The van der Waals surface area contributed by atoms with Crippen LogP contribution in [0.15, 0.2) is 18.3 Å². The summed E-state index contributed by atoms with van der Waals surface area (Å²) < 4.78 is 0. The lowest BCUT2D eigenvalue weighted by molar-refractivity contribution is -0.138. The second kappa shape index (κ2) is 3.77. The van der Waals surface area contributed by atoms with Crippen LogP contribution in [0.2, 0.25) is 0 Å². The summed E-state index contributed by atoms with van der Waals surface area (Å²) in [5.41, 5.74) is 5.93. The van der Waals surface area contributed by atoms with E-state index in [4.69, 9.17) is 10.8 Å². The molecule has 0 bridgehead atoms. The maximum atomic E-state index is 10.4. The molecule has 0 saturated heterocycles.